The summed E-state index contributed by atoms with van der Waals surface area (Å²) >= 11 is 1.82. The molecule has 6 nitrogen and oxygen atoms in total. The molecular formula is C29H39N5OS. The first kappa shape index (κ1) is 25.2. The lowest BCUT2D eigenvalue weighted by atomic mass is 9.71. The van der Waals surface area contributed by atoms with Crippen molar-refractivity contribution in [2.24, 2.45) is 12.5 Å². The largest absolute Gasteiger partial charge is 0.492 e. The van der Waals surface area contributed by atoms with Crippen molar-refractivity contribution < 1.29 is 4.74 Å². The van der Waals surface area contributed by atoms with Crippen LogP contribution < -0.4 is 9.64 Å². The minimum Gasteiger partial charge on any atom is -0.492 e. The molecule has 0 atom stereocenters. The maximum atomic E-state index is 5.89. The summed E-state index contributed by atoms with van der Waals surface area (Å²) in [5.74, 6) is 3.05. The SMILES string of the molecule is CCOc1ccccc1N1CCC2(CCN(CCCSc3nnc(-c4ccccc4)n3C)CC2)CC1. The van der Waals surface area contributed by atoms with Crippen LogP contribution in [0.1, 0.15) is 39.0 Å². The first-order chi connectivity index (χ1) is 17.7. The van der Waals surface area contributed by atoms with Gasteiger partial charge in [0, 0.05) is 31.5 Å². The van der Waals surface area contributed by atoms with Crippen LogP contribution in [-0.4, -0.2) is 64.7 Å². The fourth-order valence-corrected chi connectivity index (χ4v) is 6.53. The van der Waals surface area contributed by atoms with E-state index >= 15 is 0 Å². The van der Waals surface area contributed by atoms with Crippen molar-refractivity contribution >= 4 is 17.4 Å². The summed E-state index contributed by atoms with van der Waals surface area (Å²) in [5.41, 5.74) is 2.92. The summed E-state index contributed by atoms with van der Waals surface area (Å²) in [6.45, 7) is 8.72. The summed E-state index contributed by atoms with van der Waals surface area (Å²) in [4.78, 5) is 5.21. The molecule has 0 bridgehead atoms. The number of rotatable bonds is 9. The van der Waals surface area contributed by atoms with Gasteiger partial charge in [0.2, 0.25) is 0 Å². The van der Waals surface area contributed by atoms with Gasteiger partial charge in [0.05, 0.1) is 12.3 Å². The van der Waals surface area contributed by atoms with E-state index in [0.717, 1.165) is 47.7 Å². The zero-order valence-electron chi connectivity index (χ0n) is 21.7. The molecule has 2 saturated heterocycles. The van der Waals surface area contributed by atoms with E-state index in [1.807, 2.05) is 30.0 Å². The Morgan fingerprint density at radius 1 is 0.889 bits per heavy atom. The Labute approximate surface area is 220 Å². The number of hydrogen-bond acceptors (Lipinski definition) is 6. The standard InChI is InChI=1S/C29H39N5OS/c1-3-35-26-13-8-7-12-25(26)34-21-16-29(17-22-34)14-19-33(20-15-29)18-9-23-36-28-31-30-27(32(28)2)24-10-5-4-6-11-24/h4-8,10-13H,3,9,14-23H2,1-2H3. The van der Waals surface area contributed by atoms with Gasteiger partial charge in [-0.25, -0.2) is 0 Å². The molecule has 2 aliphatic heterocycles. The van der Waals surface area contributed by atoms with Gasteiger partial charge in [0.15, 0.2) is 11.0 Å². The Morgan fingerprint density at radius 3 is 2.33 bits per heavy atom. The highest BCUT2D eigenvalue weighted by atomic mass is 32.2. The number of aromatic nitrogens is 3. The van der Waals surface area contributed by atoms with Crippen molar-refractivity contribution in [3.05, 3.63) is 54.6 Å². The zero-order valence-corrected chi connectivity index (χ0v) is 22.6. The molecule has 36 heavy (non-hydrogen) atoms. The van der Waals surface area contributed by atoms with E-state index in [9.17, 15) is 0 Å². The average Bonchev–Trinajstić information content (AvgIpc) is 3.29. The van der Waals surface area contributed by atoms with Gasteiger partial charge in [-0.15, -0.1) is 10.2 Å². The molecule has 192 valence electrons. The van der Waals surface area contributed by atoms with Crippen LogP contribution in [-0.2, 0) is 7.05 Å². The lowest BCUT2D eigenvalue weighted by molar-refractivity contribution is 0.0801. The Morgan fingerprint density at radius 2 is 1.58 bits per heavy atom. The molecule has 0 N–H and O–H groups in total. The van der Waals surface area contributed by atoms with Crippen LogP contribution in [0.3, 0.4) is 0 Å². The Balaban J connectivity index is 1.04. The van der Waals surface area contributed by atoms with Crippen molar-refractivity contribution in [1.82, 2.24) is 19.7 Å². The molecule has 0 radical (unpaired) electrons. The molecule has 1 spiro atoms. The van der Waals surface area contributed by atoms with Crippen molar-refractivity contribution in [3.63, 3.8) is 0 Å². The lowest BCUT2D eigenvalue weighted by Crippen LogP contribution is -2.47. The third-order valence-corrected chi connectivity index (χ3v) is 9.07. The predicted molar refractivity (Wildman–Crippen MR) is 149 cm³/mol. The summed E-state index contributed by atoms with van der Waals surface area (Å²) in [7, 11) is 2.06. The van der Waals surface area contributed by atoms with Gasteiger partial charge in [0.25, 0.3) is 0 Å². The quantitative estimate of drug-likeness (QED) is 0.273. The maximum absolute atomic E-state index is 5.89. The van der Waals surface area contributed by atoms with Gasteiger partial charge in [-0.1, -0.05) is 54.2 Å². The second kappa shape index (κ2) is 11.7. The highest BCUT2D eigenvalue weighted by Gasteiger charge is 2.37. The normalized spacial score (nSPS) is 18.0. The molecule has 0 aliphatic carbocycles. The van der Waals surface area contributed by atoms with Crippen molar-refractivity contribution in [2.75, 3.05) is 50.0 Å². The van der Waals surface area contributed by atoms with E-state index in [1.165, 1.54) is 57.4 Å². The molecule has 2 aromatic carbocycles. The molecule has 3 aromatic rings. The first-order valence-corrected chi connectivity index (χ1v) is 14.4. The average molecular weight is 506 g/mol. The number of likely N-dealkylation sites (tertiary alicyclic amines) is 1. The van der Waals surface area contributed by atoms with Crippen LogP contribution in [0.5, 0.6) is 5.75 Å². The van der Waals surface area contributed by atoms with Gasteiger partial charge in [-0.3, -0.25) is 0 Å². The Kier molecular flexibility index (Phi) is 8.17. The first-order valence-electron chi connectivity index (χ1n) is 13.4. The zero-order chi connectivity index (χ0) is 24.8. The number of ether oxygens (including phenoxy) is 1. The molecule has 0 unspecified atom stereocenters. The van der Waals surface area contributed by atoms with Gasteiger partial charge in [-0.2, -0.15) is 0 Å². The maximum Gasteiger partial charge on any atom is 0.191 e. The molecule has 2 fully saturated rings. The molecule has 3 heterocycles. The number of hydrogen-bond donors (Lipinski definition) is 0. The third kappa shape index (κ3) is 5.73. The molecule has 7 heteroatoms. The van der Waals surface area contributed by atoms with Crippen molar-refractivity contribution in [1.29, 1.82) is 0 Å². The summed E-state index contributed by atoms with van der Waals surface area (Å²) < 4.78 is 8.00. The summed E-state index contributed by atoms with van der Waals surface area (Å²) in [6, 6.07) is 18.8. The molecule has 1 aromatic heterocycles. The monoisotopic (exact) mass is 505 g/mol. The minimum atomic E-state index is 0.536. The van der Waals surface area contributed by atoms with E-state index in [-0.39, 0.29) is 0 Å². The van der Waals surface area contributed by atoms with Gasteiger partial charge >= 0.3 is 0 Å². The smallest absolute Gasteiger partial charge is 0.191 e. The van der Waals surface area contributed by atoms with Crippen LogP contribution in [0.15, 0.2) is 59.8 Å². The highest BCUT2D eigenvalue weighted by molar-refractivity contribution is 7.99. The molecule has 0 amide bonds. The van der Waals surface area contributed by atoms with Crippen LogP contribution in [0.25, 0.3) is 11.4 Å². The number of thioether (sulfide) groups is 1. The van der Waals surface area contributed by atoms with Crippen LogP contribution in [0, 0.1) is 5.41 Å². The minimum absolute atomic E-state index is 0.536. The fraction of sp³-hybridized carbons (Fsp3) is 0.517. The molecular weight excluding hydrogens is 466 g/mol. The summed E-state index contributed by atoms with van der Waals surface area (Å²) in [5, 5.41) is 9.84. The topological polar surface area (TPSA) is 46.4 Å². The van der Waals surface area contributed by atoms with Gasteiger partial charge < -0.3 is 19.1 Å². The van der Waals surface area contributed by atoms with E-state index in [1.54, 1.807) is 0 Å². The Bertz CT molecular complexity index is 1100. The molecule has 2 aliphatic rings. The van der Waals surface area contributed by atoms with Gasteiger partial charge in [0.1, 0.15) is 5.75 Å². The van der Waals surface area contributed by atoms with Crippen molar-refractivity contribution in [2.45, 2.75) is 44.2 Å². The number of nitrogens with zero attached hydrogens (tertiary/aromatic N) is 5. The van der Waals surface area contributed by atoms with Crippen LogP contribution >= 0.6 is 11.8 Å². The number of para-hydroxylation sites is 2. The summed E-state index contributed by atoms with van der Waals surface area (Å²) in [6.07, 6.45) is 6.46. The fourth-order valence-electron chi connectivity index (χ4n) is 5.70. The number of anilines is 1. The second-order valence-corrected chi connectivity index (χ2v) is 11.2. The Hall–Kier alpha value is -2.51. The van der Waals surface area contributed by atoms with Crippen LogP contribution in [0.2, 0.25) is 0 Å². The van der Waals surface area contributed by atoms with Gasteiger partial charge in [-0.05, 0) is 76.2 Å². The number of piperidine rings is 2. The van der Waals surface area contributed by atoms with E-state index in [0.29, 0.717) is 5.41 Å². The molecule has 5 rings (SSSR count). The second-order valence-electron chi connectivity index (χ2n) is 10.2. The molecule has 0 saturated carbocycles. The van der Waals surface area contributed by atoms with Crippen LogP contribution in [0.4, 0.5) is 5.69 Å². The van der Waals surface area contributed by atoms with E-state index in [2.05, 4.69) is 74.9 Å². The lowest BCUT2D eigenvalue weighted by Gasteiger charge is -2.47. The predicted octanol–water partition coefficient (Wildman–Crippen LogP) is 5.75. The van der Waals surface area contributed by atoms with Crippen molar-refractivity contribution in [3.8, 4) is 17.1 Å². The van der Waals surface area contributed by atoms with E-state index < -0.39 is 0 Å². The number of benzene rings is 2. The third-order valence-electron chi connectivity index (χ3n) is 7.96. The van der Waals surface area contributed by atoms with E-state index in [4.69, 9.17) is 4.74 Å². The highest BCUT2D eigenvalue weighted by Crippen LogP contribution is 2.43.